The highest BCUT2D eigenvalue weighted by Crippen LogP contribution is 2.21. The van der Waals surface area contributed by atoms with Gasteiger partial charge >= 0.3 is 0 Å². The van der Waals surface area contributed by atoms with Crippen molar-refractivity contribution in [1.29, 1.82) is 0 Å². The monoisotopic (exact) mass is 569 g/mol. The van der Waals surface area contributed by atoms with Gasteiger partial charge in [0.05, 0.1) is 17.1 Å². The van der Waals surface area contributed by atoms with Crippen molar-refractivity contribution >= 4 is 55.5 Å². The van der Waals surface area contributed by atoms with Crippen LogP contribution < -0.4 is 10.9 Å². The van der Waals surface area contributed by atoms with E-state index < -0.39 is 0 Å². The van der Waals surface area contributed by atoms with Gasteiger partial charge in [-0.3, -0.25) is 9.59 Å². The fourth-order valence-electron chi connectivity index (χ4n) is 4.50. The van der Waals surface area contributed by atoms with Crippen molar-refractivity contribution in [3.05, 3.63) is 105 Å². The highest BCUT2D eigenvalue weighted by Gasteiger charge is 2.13. The minimum Gasteiger partial charge on any atom is -0.337 e. The molecule has 1 amide bonds. The largest absolute Gasteiger partial charge is 0.337 e. The quantitative estimate of drug-likeness (QED) is 0.223. The molecule has 0 spiro atoms. The molecule has 1 N–H and O–H groups in total. The lowest BCUT2D eigenvalue weighted by molar-refractivity contribution is -0.116. The predicted molar refractivity (Wildman–Crippen MR) is 157 cm³/mol. The number of carbonyl (C=O) groups excluding carboxylic acids is 1. The molecule has 5 aromatic rings. The third kappa shape index (κ3) is 5.31. The number of para-hydroxylation sites is 2. The zero-order valence-electron chi connectivity index (χ0n) is 21.3. The SMILES string of the molecule is CCCCc1nc2ccc(Br)cc2c(=O)n1N=Cc1cn(CC(=O)Nc2ccccc2C)c2ccccc12. The predicted octanol–water partition coefficient (Wildman–Crippen LogP) is 6.29. The third-order valence-corrected chi connectivity index (χ3v) is 6.99. The van der Waals surface area contributed by atoms with E-state index in [1.807, 2.05) is 78.4 Å². The number of carbonyl (C=O) groups is 1. The molecule has 192 valence electrons. The normalized spacial score (nSPS) is 11.6. The lowest BCUT2D eigenvalue weighted by atomic mass is 10.2. The minimum atomic E-state index is -0.208. The van der Waals surface area contributed by atoms with Crippen molar-refractivity contribution in [2.75, 3.05) is 5.32 Å². The summed E-state index contributed by atoms with van der Waals surface area (Å²) in [6, 6.07) is 21.1. The second kappa shape index (κ2) is 11.1. The van der Waals surface area contributed by atoms with Gasteiger partial charge in [0, 0.05) is 39.2 Å². The first-order valence-corrected chi connectivity index (χ1v) is 13.4. The van der Waals surface area contributed by atoms with Crippen LogP contribution in [0.2, 0.25) is 0 Å². The number of anilines is 1. The Kier molecular flexibility index (Phi) is 7.51. The van der Waals surface area contributed by atoms with E-state index in [1.54, 1.807) is 12.3 Å². The van der Waals surface area contributed by atoms with Crippen LogP contribution >= 0.6 is 15.9 Å². The van der Waals surface area contributed by atoms with Gasteiger partial charge in [-0.05, 0) is 49.2 Å². The number of nitrogens with zero attached hydrogens (tertiary/aromatic N) is 4. The number of halogens is 1. The van der Waals surface area contributed by atoms with Gasteiger partial charge < -0.3 is 9.88 Å². The number of aromatic nitrogens is 3. The topological polar surface area (TPSA) is 81.3 Å². The molecule has 0 saturated carbocycles. The van der Waals surface area contributed by atoms with Gasteiger partial charge in [0.15, 0.2) is 0 Å². The van der Waals surface area contributed by atoms with Gasteiger partial charge in [0.1, 0.15) is 12.4 Å². The number of hydrogen-bond acceptors (Lipinski definition) is 4. The Morgan fingerprint density at radius 1 is 1.08 bits per heavy atom. The van der Waals surface area contributed by atoms with E-state index in [0.29, 0.717) is 23.1 Å². The fraction of sp³-hybridized carbons (Fsp3) is 0.200. The molecule has 0 radical (unpaired) electrons. The molecule has 0 aliphatic carbocycles. The van der Waals surface area contributed by atoms with Crippen LogP contribution in [0.15, 0.2) is 87.3 Å². The molecule has 38 heavy (non-hydrogen) atoms. The van der Waals surface area contributed by atoms with Crippen LogP contribution in [0.25, 0.3) is 21.8 Å². The van der Waals surface area contributed by atoms with Gasteiger partial charge in [-0.25, -0.2) is 4.98 Å². The summed E-state index contributed by atoms with van der Waals surface area (Å²) in [6.45, 7) is 4.22. The standard InChI is InChI=1S/C30H28BrN5O2/c1-3-4-13-28-33-26-15-14-22(31)16-24(26)30(38)36(28)32-17-21-18-35(27-12-8-6-10-23(21)27)19-29(37)34-25-11-7-5-9-20(25)2/h5-12,14-18H,3-4,13,19H2,1-2H3,(H,34,37). The molecule has 0 saturated heterocycles. The molecule has 5 rings (SSSR count). The number of hydrogen-bond donors (Lipinski definition) is 1. The first-order chi connectivity index (χ1) is 18.4. The summed E-state index contributed by atoms with van der Waals surface area (Å²) in [4.78, 5) is 31.1. The molecule has 0 unspecified atom stereocenters. The summed E-state index contributed by atoms with van der Waals surface area (Å²) >= 11 is 3.45. The second-order valence-corrected chi connectivity index (χ2v) is 10.2. The summed E-state index contributed by atoms with van der Waals surface area (Å²) in [5.41, 5.74) is 3.98. The van der Waals surface area contributed by atoms with E-state index in [-0.39, 0.29) is 18.0 Å². The first-order valence-electron chi connectivity index (χ1n) is 12.6. The lowest BCUT2D eigenvalue weighted by Gasteiger charge is -2.09. The van der Waals surface area contributed by atoms with Crippen LogP contribution in [-0.4, -0.2) is 26.3 Å². The number of nitrogens with one attached hydrogen (secondary N) is 1. The van der Waals surface area contributed by atoms with Crippen LogP contribution in [0.4, 0.5) is 5.69 Å². The van der Waals surface area contributed by atoms with Crippen LogP contribution in [0.3, 0.4) is 0 Å². The third-order valence-electron chi connectivity index (χ3n) is 6.49. The van der Waals surface area contributed by atoms with Crippen LogP contribution in [0.1, 0.15) is 36.7 Å². The molecule has 2 aromatic heterocycles. The Bertz CT molecular complexity index is 1730. The fourth-order valence-corrected chi connectivity index (χ4v) is 4.86. The Morgan fingerprint density at radius 3 is 2.68 bits per heavy atom. The number of amides is 1. The second-order valence-electron chi connectivity index (χ2n) is 9.25. The lowest BCUT2D eigenvalue weighted by Crippen LogP contribution is -2.22. The zero-order valence-corrected chi connectivity index (χ0v) is 22.9. The van der Waals surface area contributed by atoms with Crippen LogP contribution in [0.5, 0.6) is 0 Å². The molecule has 7 nitrogen and oxygen atoms in total. The van der Waals surface area contributed by atoms with Gasteiger partial charge in [0.2, 0.25) is 5.91 Å². The maximum Gasteiger partial charge on any atom is 0.282 e. The average Bonchev–Trinajstić information content (AvgIpc) is 3.26. The van der Waals surface area contributed by atoms with Crippen molar-refractivity contribution < 1.29 is 4.79 Å². The Morgan fingerprint density at radius 2 is 1.87 bits per heavy atom. The molecular weight excluding hydrogens is 542 g/mol. The van der Waals surface area contributed by atoms with E-state index in [4.69, 9.17) is 4.98 Å². The summed E-state index contributed by atoms with van der Waals surface area (Å²) in [5.74, 6) is 0.509. The summed E-state index contributed by atoms with van der Waals surface area (Å²) in [5, 5.41) is 9.06. The average molecular weight is 570 g/mol. The maximum absolute atomic E-state index is 13.4. The van der Waals surface area contributed by atoms with E-state index in [0.717, 1.165) is 45.0 Å². The number of rotatable bonds is 8. The highest BCUT2D eigenvalue weighted by molar-refractivity contribution is 9.10. The van der Waals surface area contributed by atoms with E-state index in [1.165, 1.54) is 4.68 Å². The molecule has 3 aromatic carbocycles. The van der Waals surface area contributed by atoms with E-state index in [2.05, 4.69) is 33.3 Å². The van der Waals surface area contributed by atoms with Gasteiger partial charge in [-0.2, -0.15) is 9.78 Å². The van der Waals surface area contributed by atoms with Crippen LogP contribution in [0, 0.1) is 6.92 Å². The first kappa shape index (κ1) is 25.6. The van der Waals surface area contributed by atoms with Crippen molar-refractivity contribution in [3.63, 3.8) is 0 Å². The molecule has 0 fully saturated rings. The minimum absolute atomic E-state index is 0.120. The summed E-state index contributed by atoms with van der Waals surface area (Å²) < 4.78 is 4.12. The number of benzene rings is 3. The van der Waals surface area contributed by atoms with Crippen molar-refractivity contribution in [3.8, 4) is 0 Å². The molecule has 8 heteroatoms. The molecule has 0 bridgehead atoms. The van der Waals surface area contributed by atoms with Crippen molar-refractivity contribution in [2.45, 2.75) is 39.7 Å². The van der Waals surface area contributed by atoms with Gasteiger partial charge in [0.25, 0.3) is 5.56 Å². The molecular formula is C30H28BrN5O2. The zero-order chi connectivity index (χ0) is 26.6. The Labute approximate surface area is 229 Å². The highest BCUT2D eigenvalue weighted by atomic mass is 79.9. The summed E-state index contributed by atoms with van der Waals surface area (Å²) in [7, 11) is 0. The van der Waals surface area contributed by atoms with Crippen molar-refractivity contribution in [1.82, 2.24) is 14.2 Å². The van der Waals surface area contributed by atoms with E-state index in [9.17, 15) is 9.59 Å². The maximum atomic E-state index is 13.4. The van der Waals surface area contributed by atoms with Crippen molar-refractivity contribution in [2.24, 2.45) is 5.10 Å². The molecule has 2 heterocycles. The smallest absolute Gasteiger partial charge is 0.282 e. The number of fused-ring (bicyclic) bond motifs is 2. The Balaban J connectivity index is 1.51. The summed E-state index contributed by atoms with van der Waals surface area (Å²) in [6.07, 6.45) is 6.11. The number of aryl methyl sites for hydroxylation is 2. The van der Waals surface area contributed by atoms with Gasteiger partial charge in [-0.1, -0.05) is 65.7 Å². The number of unbranched alkanes of at least 4 members (excludes halogenated alkanes) is 1. The van der Waals surface area contributed by atoms with Gasteiger partial charge in [-0.15, -0.1) is 0 Å². The Hall–Kier alpha value is -4.04. The molecule has 0 aliphatic heterocycles. The molecule has 0 aliphatic rings. The molecule has 0 atom stereocenters. The van der Waals surface area contributed by atoms with E-state index >= 15 is 0 Å². The van der Waals surface area contributed by atoms with Crippen LogP contribution in [-0.2, 0) is 17.8 Å².